The number of anilines is 1. The highest BCUT2D eigenvalue weighted by Gasteiger charge is 2.23. The van der Waals surface area contributed by atoms with Crippen molar-refractivity contribution in [2.45, 2.75) is 12.8 Å². The zero-order valence-electron chi connectivity index (χ0n) is 8.47. The van der Waals surface area contributed by atoms with Gasteiger partial charge in [-0.1, -0.05) is 12.1 Å². The van der Waals surface area contributed by atoms with Crippen LogP contribution in [0.15, 0.2) is 24.3 Å². The number of rotatable bonds is 2. The van der Waals surface area contributed by atoms with Gasteiger partial charge < -0.3 is 10.6 Å². The number of carbonyl (C=O) groups excluding carboxylic acids is 1. The van der Waals surface area contributed by atoms with Gasteiger partial charge >= 0.3 is 6.03 Å². The van der Waals surface area contributed by atoms with E-state index in [1.54, 1.807) is 0 Å². The molecule has 0 aliphatic carbocycles. The summed E-state index contributed by atoms with van der Waals surface area (Å²) in [6.07, 6.45) is 0. The first-order chi connectivity index (χ1) is 6.93. The molecule has 82 valence electrons. The number of benzene rings is 1. The minimum absolute atomic E-state index is 0.0787. The van der Waals surface area contributed by atoms with Gasteiger partial charge in [-0.2, -0.15) is 0 Å². The topological polar surface area (TPSA) is 41.1 Å². The Kier molecular flexibility index (Phi) is 3.24. The van der Waals surface area contributed by atoms with Crippen LogP contribution < -0.4 is 10.6 Å². The summed E-state index contributed by atoms with van der Waals surface area (Å²) < 4.78 is 25.6. The molecule has 0 unspecified atom stereocenters. The Hall–Kier alpha value is -1.65. The summed E-state index contributed by atoms with van der Waals surface area (Å²) in [5.41, 5.74) is 0.396. The van der Waals surface area contributed by atoms with Gasteiger partial charge in [-0.3, -0.25) is 0 Å². The SMILES string of the molecule is CNC(=O)Nc1ccc(C(C)(F)F)cc1. The molecule has 3 nitrogen and oxygen atoms in total. The normalized spacial score (nSPS) is 10.9. The standard InChI is InChI=1S/C10H12F2N2O/c1-10(11,12)7-3-5-8(6-4-7)14-9(15)13-2/h3-6H,1-2H3,(H2,13,14,15). The molecule has 1 aromatic carbocycles. The van der Waals surface area contributed by atoms with Crippen LogP contribution in [0, 0.1) is 0 Å². The Morgan fingerprint density at radius 2 is 1.80 bits per heavy atom. The van der Waals surface area contributed by atoms with Crippen LogP contribution in [0.3, 0.4) is 0 Å². The average molecular weight is 214 g/mol. The average Bonchev–Trinajstić information content (AvgIpc) is 2.17. The van der Waals surface area contributed by atoms with Crippen LogP contribution in [0.4, 0.5) is 19.3 Å². The molecule has 1 rings (SSSR count). The lowest BCUT2D eigenvalue weighted by molar-refractivity contribution is 0.0175. The number of urea groups is 1. The van der Waals surface area contributed by atoms with Gasteiger partial charge in [-0.15, -0.1) is 0 Å². The van der Waals surface area contributed by atoms with Gasteiger partial charge in [0.15, 0.2) is 0 Å². The Balaban J connectivity index is 2.77. The van der Waals surface area contributed by atoms with E-state index in [-0.39, 0.29) is 11.6 Å². The Labute approximate surface area is 86.5 Å². The quantitative estimate of drug-likeness (QED) is 0.780. The molecular formula is C10H12F2N2O. The number of carbonyl (C=O) groups is 1. The maximum atomic E-state index is 12.8. The highest BCUT2D eigenvalue weighted by Crippen LogP contribution is 2.27. The zero-order valence-corrected chi connectivity index (χ0v) is 8.47. The second kappa shape index (κ2) is 4.25. The van der Waals surface area contributed by atoms with Crippen LogP contribution >= 0.6 is 0 Å². The lowest BCUT2D eigenvalue weighted by atomic mass is 10.1. The zero-order chi connectivity index (χ0) is 11.5. The first kappa shape index (κ1) is 11.4. The molecule has 0 saturated carbocycles. The van der Waals surface area contributed by atoms with Gasteiger partial charge in [0.2, 0.25) is 0 Å². The van der Waals surface area contributed by atoms with Crippen molar-refractivity contribution in [3.05, 3.63) is 29.8 Å². The molecule has 0 atom stereocenters. The van der Waals surface area contributed by atoms with Crippen molar-refractivity contribution in [1.82, 2.24) is 5.32 Å². The first-order valence-electron chi connectivity index (χ1n) is 4.40. The van der Waals surface area contributed by atoms with E-state index >= 15 is 0 Å². The molecule has 0 heterocycles. The van der Waals surface area contributed by atoms with Crippen molar-refractivity contribution in [1.29, 1.82) is 0 Å². The first-order valence-corrected chi connectivity index (χ1v) is 4.40. The fraction of sp³-hybridized carbons (Fsp3) is 0.300. The van der Waals surface area contributed by atoms with Crippen LogP contribution in [-0.4, -0.2) is 13.1 Å². The second-order valence-corrected chi connectivity index (χ2v) is 3.17. The van der Waals surface area contributed by atoms with Crippen LogP contribution in [0.2, 0.25) is 0 Å². The third-order valence-corrected chi connectivity index (χ3v) is 1.88. The number of nitrogens with one attached hydrogen (secondary N) is 2. The maximum absolute atomic E-state index is 12.8. The Morgan fingerprint density at radius 1 is 1.27 bits per heavy atom. The second-order valence-electron chi connectivity index (χ2n) is 3.17. The van der Waals surface area contributed by atoms with Gasteiger partial charge in [-0.05, 0) is 12.1 Å². The predicted molar refractivity (Wildman–Crippen MR) is 54.1 cm³/mol. The van der Waals surface area contributed by atoms with Crippen LogP contribution in [0.25, 0.3) is 0 Å². The highest BCUT2D eigenvalue weighted by atomic mass is 19.3. The molecule has 0 spiro atoms. The fourth-order valence-electron chi connectivity index (χ4n) is 1.04. The maximum Gasteiger partial charge on any atom is 0.318 e. The van der Waals surface area contributed by atoms with E-state index < -0.39 is 5.92 Å². The molecule has 0 saturated heterocycles. The Morgan fingerprint density at radius 3 is 2.20 bits per heavy atom. The van der Waals surface area contributed by atoms with Crippen molar-refractivity contribution in [2.75, 3.05) is 12.4 Å². The van der Waals surface area contributed by atoms with Gasteiger partial charge in [-0.25, -0.2) is 13.6 Å². The van der Waals surface area contributed by atoms with Gasteiger partial charge in [0.25, 0.3) is 5.92 Å². The molecule has 1 aromatic rings. The minimum atomic E-state index is -2.86. The van der Waals surface area contributed by atoms with Gasteiger partial charge in [0.1, 0.15) is 0 Å². The molecule has 0 aliphatic rings. The third-order valence-electron chi connectivity index (χ3n) is 1.88. The summed E-state index contributed by atoms with van der Waals surface area (Å²) in [5, 5.41) is 4.84. The van der Waals surface area contributed by atoms with Crippen molar-refractivity contribution >= 4 is 11.7 Å². The Bertz CT molecular complexity index is 343. The smallest absolute Gasteiger partial charge is 0.318 e. The molecule has 0 aromatic heterocycles. The lowest BCUT2D eigenvalue weighted by Gasteiger charge is -2.11. The number of amides is 2. The monoisotopic (exact) mass is 214 g/mol. The van der Waals surface area contributed by atoms with Crippen LogP contribution in [0.1, 0.15) is 12.5 Å². The van der Waals surface area contributed by atoms with E-state index in [0.29, 0.717) is 5.69 Å². The molecule has 15 heavy (non-hydrogen) atoms. The number of hydrogen-bond donors (Lipinski definition) is 2. The number of hydrogen-bond acceptors (Lipinski definition) is 1. The molecule has 0 bridgehead atoms. The molecular weight excluding hydrogens is 202 g/mol. The predicted octanol–water partition coefficient (Wildman–Crippen LogP) is 2.55. The molecule has 2 amide bonds. The van der Waals surface area contributed by atoms with Crippen LogP contribution in [0.5, 0.6) is 0 Å². The fourth-order valence-corrected chi connectivity index (χ4v) is 1.04. The molecule has 2 N–H and O–H groups in total. The molecule has 0 fully saturated rings. The minimum Gasteiger partial charge on any atom is -0.341 e. The summed E-state index contributed by atoms with van der Waals surface area (Å²) in [4.78, 5) is 10.9. The largest absolute Gasteiger partial charge is 0.341 e. The van der Waals surface area contributed by atoms with E-state index in [0.717, 1.165) is 6.92 Å². The molecule has 0 radical (unpaired) electrons. The summed E-state index contributed by atoms with van der Waals surface area (Å²) in [6, 6.07) is 5.05. The number of halogens is 2. The molecule has 5 heteroatoms. The van der Waals surface area contributed by atoms with E-state index in [1.807, 2.05) is 0 Å². The van der Waals surface area contributed by atoms with Crippen molar-refractivity contribution in [3.63, 3.8) is 0 Å². The number of alkyl halides is 2. The van der Waals surface area contributed by atoms with Crippen molar-refractivity contribution < 1.29 is 13.6 Å². The van der Waals surface area contributed by atoms with Crippen molar-refractivity contribution in [3.8, 4) is 0 Å². The lowest BCUT2D eigenvalue weighted by Crippen LogP contribution is -2.24. The molecule has 0 aliphatic heterocycles. The van der Waals surface area contributed by atoms with E-state index in [2.05, 4.69) is 10.6 Å². The van der Waals surface area contributed by atoms with Gasteiger partial charge in [0, 0.05) is 25.2 Å². The summed E-state index contributed by atoms with van der Waals surface area (Å²) in [6.45, 7) is 0.828. The van der Waals surface area contributed by atoms with E-state index in [1.165, 1.54) is 31.3 Å². The van der Waals surface area contributed by atoms with Crippen LogP contribution in [-0.2, 0) is 5.92 Å². The van der Waals surface area contributed by atoms with Gasteiger partial charge in [0.05, 0.1) is 0 Å². The summed E-state index contributed by atoms with van der Waals surface area (Å²) in [7, 11) is 1.48. The summed E-state index contributed by atoms with van der Waals surface area (Å²) in [5.74, 6) is -2.86. The van der Waals surface area contributed by atoms with E-state index in [4.69, 9.17) is 0 Å². The van der Waals surface area contributed by atoms with Crippen molar-refractivity contribution in [2.24, 2.45) is 0 Å². The van der Waals surface area contributed by atoms with E-state index in [9.17, 15) is 13.6 Å². The summed E-state index contributed by atoms with van der Waals surface area (Å²) >= 11 is 0. The highest BCUT2D eigenvalue weighted by molar-refractivity contribution is 5.88. The third kappa shape index (κ3) is 3.19.